The van der Waals surface area contributed by atoms with Crippen LogP contribution >= 0.6 is 0 Å². The monoisotopic (exact) mass is 345 g/mol. The van der Waals surface area contributed by atoms with Gasteiger partial charge in [0, 0.05) is 31.3 Å². The molecule has 1 aliphatic rings. The fourth-order valence-electron chi connectivity index (χ4n) is 3.19. The minimum Gasteiger partial charge on any atom is -0.497 e. The van der Waals surface area contributed by atoms with Gasteiger partial charge in [-0.05, 0) is 43.9 Å². The largest absolute Gasteiger partial charge is 0.497 e. The van der Waals surface area contributed by atoms with Crippen molar-refractivity contribution in [2.24, 2.45) is 0 Å². The Labute approximate surface area is 147 Å². The third kappa shape index (κ3) is 3.67. The smallest absolute Gasteiger partial charge is 0.272 e. The number of piperidine rings is 1. The lowest BCUT2D eigenvalue weighted by Crippen LogP contribution is -2.36. The Morgan fingerprint density at radius 2 is 2.00 bits per heavy atom. The molecule has 0 bridgehead atoms. The summed E-state index contributed by atoms with van der Waals surface area (Å²) in [7, 11) is 1.50. The molecule has 0 saturated carbocycles. The Morgan fingerprint density at radius 1 is 1.24 bits per heavy atom. The van der Waals surface area contributed by atoms with E-state index < -0.39 is 5.82 Å². The second-order valence-electron chi connectivity index (χ2n) is 6.34. The van der Waals surface area contributed by atoms with Crippen molar-refractivity contribution in [3.63, 3.8) is 0 Å². The van der Waals surface area contributed by atoms with Crippen LogP contribution in [-0.2, 0) is 6.54 Å². The van der Waals surface area contributed by atoms with Crippen molar-refractivity contribution in [3.8, 4) is 17.0 Å². The quantitative estimate of drug-likeness (QED) is 0.829. The van der Waals surface area contributed by atoms with E-state index in [9.17, 15) is 9.18 Å². The number of nitrogens with zero attached hydrogens (tertiary/aromatic N) is 3. The number of likely N-dealkylation sites (tertiary alicyclic amines) is 1. The summed E-state index contributed by atoms with van der Waals surface area (Å²) >= 11 is 0. The number of rotatable bonds is 5. The van der Waals surface area contributed by atoms with Crippen LogP contribution in [-0.4, -0.2) is 40.8 Å². The molecular formula is C19H24FN3O2. The van der Waals surface area contributed by atoms with E-state index in [0.29, 0.717) is 29.2 Å². The molecule has 1 saturated heterocycles. The Kier molecular flexibility index (Phi) is 5.36. The molecule has 3 rings (SSSR count). The SMILES string of the molecule is CCCn1nc(-c2ccc(OC)cc2F)cc1C(=O)N1CCCCC1. The molecule has 5 nitrogen and oxygen atoms in total. The average molecular weight is 345 g/mol. The number of hydrogen-bond acceptors (Lipinski definition) is 3. The Bertz CT molecular complexity index is 751. The van der Waals surface area contributed by atoms with Gasteiger partial charge in [0.05, 0.1) is 12.8 Å². The standard InChI is InChI=1S/C19H24FN3O2/c1-3-9-23-18(19(24)22-10-5-4-6-11-22)13-17(21-23)15-8-7-14(25-2)12-16(15)20/h7-8,12-13H,3-6,9-11H2,1-2H3. The molecule has 1 aromatic carbocycles. The predicted molar refractivity (Wildman–Crippen MR) is 94.2 cm³/mol. The van der Waals surface area contributed by atoms with E-state index in [-0.39, 0.29) is 5.91 Å². The minimum absolute atomic E-state index is 0.0131. The highest BCUT2D eigenvalue weighted by Gasteiger charge is 2.23. The highest BCUT2D eigenvalue weighted by molar-refractivity contribution is 5.93. The summed E-state index contributed by atoms with van der Waals surface area (Å²) < 4.78 is 21.1. The highest BCUT2D eigenvalue weighted by atomic mass is 19.1. The zero-order valence-corrected chi connectivity index (χ0v) is 14.8. The van der Waals surface area contributed by atoms with E-state index in [1.54, 1.807) is 22.9 Å². The maximum absolute atomic E-state index is 14.4. The first kappa shape index (κ1) is 17.5. The van der Waals surface area contributed by atoms with Crippen molar-refractivity contribution in [1.29, 1.82) is 0 Å². The van der Waals surface area contributed by atoms with E-state index in [4.69, 9.17) is 4.74 Å². The van der Waals surface area contributed by atoms with Crippen LogP contribution in [0.4, 0.5) is 4.39 Å². The third-order valence-electron chi connectivity index (χ3n) is 4.53. The summed E-state index contributed by atoms with van der Waals surface area (Å²) in [6.45, 7) is 4.22. The molecule has 2 heterocycles. The number of hydrogen-bond donors (Lipinski definition) is 0. The molecule has 0 spiro atoms. The molecule has 134 valence electrons. The maximum atomic E-state index is 14.4. The molecule has 0 N–H and O–H groups in total. The number of methoxy groups -OCH3 is 1. The molecule has 25 heavy (non-hydrogen) atoms. The molecule has 6 heteroatoms. The summed E-state index contributed by atoms with van der Waals surface area (Å²) in [5, 5.41) is 4.49. The number of halogens is 1. The highest BCUT2D eigenvalue weighted by Crippen LogP contribution is 2.27. The fourth-order valence-corrected chi connectivity index (χ4v) is 3.19. The topological polar surface area (TPSA) is 47.4 Å². The molecule has 0 atom stereocenters. The molecule has 1 aliphatic heterocycles. The molecule has 1 aromatic heterocycles. The summed E-state index contributed by atoms with van der Waals surface area (Å²) in [6.07, 6.45) is 4.09. The number of benzene rings is 1. The van der Waals surface area contributed by atoms with Gasteiger partial charge in [-0.25, -0.2) is 4.39 Å². The number of amides is 1. The van der Waals surface area contributed by atoms with Crippen LogP contribution in [0, 0.1) is 5.82 Å². The van der Waals surface area contributed by atoms with E-state index in [2.05, 4.69) is 5.10 Å². The molecule has 0 unspecified atom stereocenters. The van der Waals surface area contributed by atoms with Crippen LogP contribution in [0.1, 0.15) is 43.1 Å². The van der Waals surface area contributed by atoms with Crippen LogP contribution < -0.4 is 4.74 Å². The molecule has 0 radical (unpaired) electrons. The van der Waals surface area contributed by atoms with Crippen LogP contribution in [0.3, 0.4) is 0 Å². The Balaban J connectivity index is 1.95. The Hall–Kier alpha value is -2.37. The maximum Gasteiger partial charge on any atom is 0.272 e. The summed E-state index contributed by atoms with van der Waals surface area (Å²) in [4.78, 5) is 14.8. The predicted octanol–water partition coefficient (Wildman–Crippen LogP) is 3.73. The van der Waals surface area contributed by atoms with Crippen molar-refractivity contribution >= 4 is 5.91 Å². The minimum atomic E-state index is -0.405. The first-order valence-corrected chi connectivity index (χ1v) is 8.85. The first-order chi connectivity index (χ1) is 12.1. The van der Waals surface area contributed by atoms with Crippen LogP contribution in [0.5, 0.6) is 5.75 Å². The van der Waals surface area contributed by atoms with Gasteiger partial charge in [0.1, 0.15) is 17.3 Å². The van der Waals surface area contributed by atoms with E-state index in [1.165, 1.54) is 19.6 Å². The van der Waals surface area contributed by atoms with Gasteiger partial charge in [-0.1, -0.05) is 6.92 Å². The lowest BCUT2D eigenvalue weighted by atomic mass is 10.1. The second kappa shape index (κ2) is 7.68. The zero-order valence-electron chi connectivity index (χ0n) is 14.8. The van der Waals surface area contributed by atoms with Crippen molar-refractivity contribution in [2.45, 2.75) is 39.2 Å². The molecule has 1 fully saturated rings. The number of ether oxygens (including phenoxy) is 1. The average Bonchev–Trinajstić information content (AvgIpc) is 3.05. The van der Waals surface area contributed by atoms with Crippen molar-refractivity contribution in [3.05, 3.63) is 35.8 Å². The van der Waals surface area contributed by atoms with Gasteiger partial charge in [0.25, 0.3) is 5.91 Å². The lowest BCUT2D eigenvalue weighted by molar-refractivity contribution is 0.0711. The summed E-state index contributed by atoms with van der Waals surface area (Å²) in [6, 6.07) is 6.38. The van der Waals surface area contributed by atoms with Crippen molar-refractivity contribution in [1.82, 2.24) is 14.7 Å². The van der Waals surface area contributed by atoms with Gasteiger partial charge in [0.15, 0.2) is 0 Å². The summed E-state index contributed by atoms with van der Waals surface area (Å²) in [5.41, 5.74) is 1.39. The van der Waals surface area contributed by atoms with Crippen LogP contribution in [0.25, 0.3) is 11.3 Å². The van der Waals surface area contributed by atoms with Gasteiger partial charge < -0.3 is 9.64 Å². The number of carbonyl (C=O) groups is 1. The van der Waals surface area contributed by atoms with Gasteiger partial charge in [-0.2, -0.15) is 5.10 Å². The number of carbonyl (C=O) groups excluding carboxylic acids is 1. The van der Waals surface area contributed by atoms with E-state index in [0.717, 1.165) is 32.4 Å². The first-order valence-electron chi connectivity index (χ1n) is 8.85. The third-order valence-corrected chi connectivity index (χ3v) is 4.53. The normalized spacial score (nSPS) is 14.6. The zero-order chi connectivity index (χ0) is 17.8. The Morgan fingerprint density at radius 3 is 2.64 bits per heavy atom. The second-order valence-corrected chi connectivity index (χ2v) is 6.34. The van der Waals surface area contributed by atoms with Crippen molar-refractivity contribution < 1.29 is 13.9 Å². The van der Waals surface area contributed by atoms with E-state index in [1.807, 2.05) is 11.8 Å². The van der Waals surface area contributed by atoms with Gasteiger partial charge >= 0.3 is 0 Å². The van der Waals surface area contributed by atoms with Gasteiger partial charge in [-0.3, -0.25) is 9.48 Å². The van der Waals surface area contributed by atoms with Crippen LogP contribution in [0.15, 0.2) is 24.3 Å². The lowest BCUT2D eigenvalue weighted by Gasteiger charge is -2.26. The molecular weight excluding hydrogens is 321 g/mol. The number of aromatic nitrogens is 2. The molecule has 1 amide bonds. The fraction of sp³-hybridized carbons (Fsp3) is 0.474. The van der Waals surface area contributed by atoms with Gasteiger partial charge in [-0.15, -0.1) is 0 Å². The van der Waals surface area contributed by atoms with Crippen molar-refractivity contribution in [2.75, 3.05) is 20.2 Å². The van der Waals surface area contributed by atoms with Crippen LogP contribution in [0.2, 0.25) is 0 Å². The summed E-state index contributed by atoms with van der Waals surface area (Å²) in [5.74, 6) is 0.0390. The van der Waals surface area contributed by atoms with Gasteiger partial charge in [0.2, 0.25) is 0 Å². The van der Waals surface area contributed by atoms with E-state index >= 15 is 0 Å². The molecule has 0 aliphatic carbocycles. The number of aryl methyl sites for hydroxylation is 1. The molecule has 2 aromatic rings.